The fraction of sp³-hybridized carbons (Fsp3) is 0.385. The molecule has 0 amide bonds. The third-order valence-corrected chi connectivity index (χ3v) is 3.66. The molecule has 0 aliphatic rings. The Labute approximate surface area is 120 Å². The maximum atomic E-state index is 11.9. The molecule has 0 radical (unpaired) electrons. The number of carbonyl (C=O) groups excluding carboxylic acids is 1. The van der Waals surface area contributed by atoms with Crippen molar-refractivity contribution in [2.24, 2.45) is 0 Å². The summed E-state index contributed by atoms with van der Waals surface area (Å²) in [5.41, 5.74) is 1.55. The van der Waals surface area contributed by atoms with E-state index >= 15 is 0 Å². The Morgan fingerprint density at radius 3 is 2.70 bits per heavy atom. The summed E-state index contributed by atoms with van der Waals surface area (Å²) in [6.07, 6.45) is 3.27. The number of aromatic nitrogens is 3. The van der Waals surface area contributed by atoms with E-state index in [2.05, 4.69) is 15.1 Å². The summed E-state index contributed by atoms with van der Waals surface area (Å²) in [4.78, 5) is 20.0. The predicted molar refractivity (Wildman–Crippen MR) is 73.1 cm³/mol. The normalized spacial score (nSPS) is 12.2. The van der Waals surface area contributed by atoms with Crippen LogP contribution in [0.5, 0.6) is 0 Å². The van der Waals surface area contributed by atoms with Gasteiger partial charge in [-0.15, -0.1) is 0 Å². The minimum atomic E-state index is -0.377. The number of ether oxygens (including phenoxy) is 1. The van der Waals surface area contributed by atoms with E-state index in [0.717, 1.165) is 11.3 Å². The van der Waals surface area contributed by atoms with E-state index in [1.54, 1.807) is 32.3 Å². The molecule has 2 aromatic rings. The lowest BCUT2D eigenvalue weighted by atomic mass is 10.2. The highest BCUT2D eigenvalue weighted by Crippen LogP contribution is 2.20. The first-order chi connectivity index (χ1) is 9.58. The van der Waals surface area contributed by atoms with Gasteiger partial charge in [0.05, 0.1) is 11.3 Å². The molecule has 7 heteroatoms. The topological polar surface area (TPSA) is 78.1 Å². The molecule has 6 nitrogen and oxygen atoms in total. The zero-order chi connectivity index (χ0) is 14.5. The number of hydrogen-bond donors (Lipinski definition) is 0. The predicted octanol–water partition coefficient (Wildman–Crippen LogP) is 2.31. The van der Waals surface area contributed by atoms with Crippen LogP contribution in [0.3, 0.4) is 0 Å². The Kier molecular flexibility index (Phi) is 4.73. The quantitative estimate of drug-likeness (QED) is 0.475. The van der Waals surface area contributed by atoms with E-state index in [-0.39, 0.29) is 17.8 Å². The van der Waals surface area contributed by atoms with E-state index in [9.17, 15) is 4.79 Å². The van der Waals surface area contributed by atoms with Gasteiger partial charge in [-0.1, -0.05) is 16.9 Å². The number of esters is 1. The Morgan fingerprint density at radius 2 is 2.10 bits per heavy atom. The number of thioether (sulfide) groups is 1. The molecule has 1 unspecified atom stereocenters. The zero-order valence-corrected chi connectivity index (χ0v) is 12.3. The van der Waals surface area contributed by atoms with Crippen molar-refractivity contribution in [2.45, 2.75) is 37.8 Å². The number of aryl methyl sites for hydroxylation is 2. The lowest BCUT2D eigenvalue weighted by molar-refractivity contribution is -0.143. The van der Waals surface area contributed by atoms with Crippen LogP contribution in [0.15, 0.2) is 28.1 Å². The van der Waals surface area contributed by atoms with Crippen molar-refractivity contribution in [2.75, 3.05) is 0 Å². The third kappa shape index (κ3) is 3.57. The second-order valence-electron chi connectivity index (χ2n) is 4.20. The van der Waals surface area contributed by atoms with Crippen molar-refractivity contribution in [3.8, 4) is 0 Å². The van der Waals surface area contributed by atoms with Crippen LogP contribution in [-0.2, 0) is 16.1 Å². The minimum Gasteiger partial charge on any atom is -0.460 e. The maximum absolute atomic E-state index is 11.9. The summed E-state index contributed by atoms with van der Waals surface area (Å²) in [5, 5.41) is 3.99. The van der Waals surface area contributed by atoms with E-state index in [0.29, 0.717) is 10.9 Å². The first-order valence-corrected chi connectivity index (χ1v) is 6.98. The second kappa shape index (κ2) is 6.51. The number of hydrogen-bond acceptors (Lipinski definition) is 7. The van der Waals surface area contributed by atoms with Gasteiger partial charge in [0, 0.05) is 12.4 Å². The van der Waals surface area contributed by atoms with Gasteiger partial charge in [-0.25, -0.2) is 9.97 Å². The van der Waals surface area contributed by atoms with E-state index in [1.165, 1.54) is 11.8 Å². The molecule has 2 aromatic heterocycles. The second-order valence-corrected chi connectivity index (χ2v) is 5.51. The minimum absolute atomic E-state index is 0.167. The van der Waals surface area contributed by atoms with E-state index in [4.69, 9.17) is 9.26 Å². The summed E-state index contributed by atoms with van der Waals surface area (Å²) in [6.45, 7) is 5.53. The van der Waals surface area contributed by atoms with Crippen LogP contribution < -0.4 is 0 Å². The monoisotopic (exact) mass is 293 g/mol. The zero-order valence-electron chi connectivity index (χ0n) is 11.5. The highest BCUT2D eigenvalue weighted by molar-refractivity contribution is 8.00. The Morgan fingerprint density at radius 1 is 1.40 bits per heavy atom. The summed E-state index contributed by atoms with van der Waals surface area (Å²) in [6, 6.07) is 1.73. The third-order valence-electron chi connectivity index (χ3n) is 2.70. The number of carbonyl (C=O) groups is 1. The van der Waals surface area contributed by atoms with E-state index < -0.39 is 0 Å². The maximum Gasteiger partial charge on any atom is 0.319 e. The molecule has 20 heavy (non-hydrogen) atoms. The number of nitrogens with zero attached hydrogens (tertiary/aromatic N) is 3. The van der Waals surface area contributed by atoms with Crippen LogP contribution in [0.25, 0.3) is 0 Å². The van der Waals surface area contributed by atoms with Crippen molar-refractivity contribution in [3.63, 3.8) is 0 Å². The lowest BCUT2D eigenvalue weighted by Gasteiger charge is -2.09. The van der Waals surface area contributed by atoms with Crippen LogP contribution in [0.4, 0.5) is 0 Å². The molecule has 0 saturated carbocycles. The van der Waals surface area contributed by atoms with Gasteiger partial charge in [-0.3, -0.25) is 4.79 Å². The summed E-state index contributed by atoms with van der Waals surface area (Å²) < 4.78 is 10.3. The highest BCUT2D eigenvalue weighted by atomic mass is 32.2. The molecule has 0 aromatic carbocycles. The van der Waals surface area contributed by atoms with Gasteiger partial charge >= 0.3 is 5.97 Å². The van der Waals surface area contributed by atoms with E-state index in [1.807, 2.05) is 6.92 Å². The smallest absolute Gasteiger partial charge is 0.319 e. The Hall–Kier alpha value is -1.89. The highest BCUT2D eigenvalue weighted by Gasteiger charge is 2.19. The lowest BCUT2D eigenvalue weighted by Crippen LogP contribution is -2.17. The van der Waals surface area contributed by atoms with Gasteiger partial charge in [0.1, 0.15) is 17.6 Å². The molecule has 0 aliphatic carbocycles. The van der Waals surface area contributed by atoms with Crippen molar-refractivity contribution in [1.82, 2.24) is 15.1 Å². The van der Waals surface area contributed by atoms with Crippen molar-refractivity contribution in [1.29, 1.82) is 0 Å². The molecule has 0 N–H and O–H groups in total. The van der Waals surface area contributed by atoms with Crippen LogP contribution in [0.2, 0.25) is 0 Å². The van der Waals surface area contributed by atoms with Gasteiger partial charge in [0.2, 0.25) is 0 Å². The van der Waals surface area contributed by atoms with Crippen LogP contribution in [-0.4, -0.2) is 26.3 Å². The van der Waals surface area contributed by atoms with Crippen LogP contribution in [0.1, 0.15) is 23.9 Å². The van der Waals surface area contributed by atoms with Gasteiger partial charge in [-0.05, 0) is 26.8 Å². The average molecular weight is 293 g/mol. The fourth-order valence-corrected chi connectivity index (χ4v) is 2.25. The van der Waals surface area contributed by atoms with Gasteiger partial charge < -0.3 is 9.26 Å². The largest absolute Gasteiger partial charge is 0.460 e. The molecule has 0 fully saturated rings. The molecule has 1 atom stereocenters. The molecule has 2 rings (SSSR count). The first kappa shape index (κ1) is 14.5. The summed E-state index contributed by atoms with van der Waals surface area (Å²) >= 11 is 1.26. The summed E-state index contributed by atoms with van der Waals surface area (Å²) in [7, 11) is 0. The van der Waals surface area contributed by atoms with Crippen LogP contribution >= 0.6 is 11.8 Å². The van der Waals surface area contributed by atoms with Crippen molar-refractivity contribution in [3.05, 3.63) is 35.5 Å². The molecule has 0 spiro atoms. The SMILES string of the molecule is Cc1noc(C)c1COC(=O)C(C)Sc1ncccn1. The van der Waals surface area contributed by atoms with Gasteiger partial charge in [0.15, 0.2) is 5.16 Å². The van der Waals surface area contributed by atoms with Gasteiger partial charge in [0.25, 0.3) is 0 Å². The Bertz CT molecular complexity index is 566. The summed E-state index contributed by atoms with van der Waals surface area (Å²) in [5.74, 6) is 0.351. The number of rotatable bonds is 5. The molecule has 2 heterocycles. The van der Waals surface area contributed by atoms with Gasteiger partial charge in [-0.2, -0.15) is 0 Å². The molecule has 0 aliphatic heterocycles. The van der Waals surface area contributed by atoms with Crippen molar-refractivity contribution >= 4 is 17.7 Å². The molecular weight excluding hydrogens is 278 g/mol. The average Bonchev–Trinajstić information content (AvgIpc) is 2.76. The molecular formula is C13H15N3O3S. The van der Waals surface area contributed by atoms with Crippen molar-refractivity contribution < 1.29 is 14.1 Å². The first-order valence-electron chi connectivity index (χ1n) is 6.10. The molecule has 0 bridgehead atoms. The van der Waals surface area contributed by atoms with Crippen LogP contribution in [0, 0.1) is 13.8 Å². The fourth-order valence-electron chi connectivity index (χ4n) is 1.52. The standard InChI is InChI=1S/C13H15N3O3S/c1-8-11(9(2)19-16-8)7-18-12(17)10(3)20-13-14-5-4-6-15-13/h4-6,10H,7H2,1-3H3. The molecule has 106 valence electrons. The molecule has 0 saturated heterocycles. The Balaban J connectivity index is 1.89.